The third kappa shape index (κ3) is 11.2. The van der Waals surface area contributed by atoms with Crippen LogP contribution in [-0.2, 0) is 11.0 Å². The van der Waals surface area contributed by atoms with Crippen molar-refractivity contribution in [3.63, 3.8) is 0 Å². The summed E-state index contributed by atoms with van der Waals surface area (Å²) in [6.07, 6.45) is -21.6. The van der Waals surface area contributed by atoms with Crippen molar-refractivity contribution < 1.29 is 71.4 Å². The second-order valence-corrected chi connectivity index (χ2v) is 9.71. The number of Topliss-reactive ketones (excluding diaryl/α,β-unsaturated/α-hetero) is 1. The summed E-state index contributed by atoms with van der Waals surface area (Å²) in [7, 11) is 0. The smallest absolute Gasteiger partial charge is 0.422 e. The molecule has 18 heteroatoms. The molecule has 0 aliphatic carbocycles. The monoisotopic (exact) mass is 675 g/mol. The first-order valence-electron chi connectivity index (χ1n) is 11.9. The summed E-state index contributed by atoms with van der Waals surface area (Å²) in [5.74, 6) is -9.81. The Kier molecular flexibility index (Phi) is 11.4. The van der Waals surface area contributed by atoms with Gasteiger partial charge in [-0.3, -0.25) is 9.59 Å². The van der Waals surface area contributed by atoms with Crippen LogP contribution in [0.3, 0.4) is 0 Å². The molecule has 0 aromatic heterocycles. The van der Waals surface area contributed by atoms with E-state index in [1.54, 1.807) is 0 Å². The van der Waals surface area contributed by atoms with Gasteiger partial charge in [0.1, 0.15) is 24.0 Å². The molecular weight excluding hydrogens is 657 g/mol. The molecule has 0 aliphatic heterocycles. The Bertz CT molecular complexity index is 1380. The normalized spacial score (nSPS) is 14.7. The molecule has 2 aromatic carbocycles. The van der Waals surface area contributed by atoms with Crippen molar-refractivity contribution in [3.8, 4) is 5.75 Å². The quantitative estimate of drug-likeness (QED) is 0.202. The van der Waals surface area contributed by atoms with Gasteiger partial charge in [0.15, 0.2) is 12.4 Å². The van der Waals surface area contributed by atoms with Crippen LogP contribution >= 0.6 is 11.6 Å². The number of ether oxygens (including phenoxy) is 1. The number of ketones is 1. The second-order valence-electron chi connectivity index (χ2n) is 9.28. The Morgan fingerprint density at radius 1 is 0.909 bits per heavy atom. The summed E-state index contributed by atoms with van der Waals surface area (Å²) in [6, 6.07) is 2.80. The van der Waals surface area contributed by atoms with E-state index in [0.717, 1.165) is 13.0 Å². The molecule has 0 fully saturated rings. The first-order valence-corrected chi connectivity index (χ1v) is 12.3. The van der Waals surface area contributed by atoms with Crippen LogP contribution in [0.2, 0.25) is 5.02 Å². The number of carbonyl (C=O) groups is 2. The van der Waals surface area contributed by atoms with Gasteiger partial charge < -0.3 is 10.1 Å². The Morgan fingerprint density at radius 3 is 2.05 bits per heavy atom. The van der Waals surface area contributed by atoms with Crippen molar-refractivity contribution in [2.45, 2.75) is 44.0 Å². The highest BCUT2D eigenvalue weighted by molar-refractivity contribution is 6.30. The van der Waals surface area contributed by atoms with Crippen LogP contribution in [0.1, 0.15) is 46.3 Å². The third-order valence-electron chi connectivity index (χ3n) is 5.62. The fourth-order valence-corrected chi connectivity index (χ4v) is 3.88. The summed E-state index contributed by atoms with van der Waals surface area (Å²) in [5.41, 5.74) is -4.97. The van der Waals surface area contributed by atoms with Crippen LogP contribution in [0.25, 0.3) is 5.83 Å². The number of amides is 1. The summed E-state index contributed by atoms with van der Waals surface area (Å²) in [6.45, 7) is -2.72. The molecule has 0 aliphatic rings. The Hall–Kier alpha value is -3.50. The molecule has 0 spiro atoms. The number of carbonyl (C=O) groups excluding carboxylic acids is 2. The van der Waals surface area contributed by atoms with Crippen LogP contribution in [0, 0.1) is 5.92 Å². The molecule has 0 heterocycles. The van der Waals surface area contributed by atoms with Crippen LogP contribution in [0.15, 0.2) is 42.5 Å². The van der Waals surface area contributed by atoms with E-state index in [9.17, 15) is 62.3 Å². The van der Waals surface area contributed by atoms with Gasteiger partial charge in [-0.25, -0.2) is 4.39 Å². The topological polar surface area (TPSA) is 55.4 Å². The summed E-state index contributed by atoms with van der Waals surface area (Å²) in [4.78, 5) is 24.3. The number of rotatable bonds is 10. The summed E-state index contributed by atoms with van der Waals surface area (Å²) >= 11 is 5.68. The van der Waals surface area contributed by atoms with Gasteiger partial charge in [-0.2, -0.15) is 52.7 Å². The minimum absolute atomic E-state index is 0.0106. The zero-order valence-electron chi connectivity index (χ0n) is 21.8. The van der Waals surface area contributed by atoms with Crippen molar-refractivity contribution in [2.75, 3.05) is 13.2 Å². The standard InChI is InChI=1S/C26H19ClF13NO3/c1-12(22(43)41-10-23(29,30)31)4-21(42)17-3-2-13(7-19(17)26(38,39)40)20(28)9-18(25(35,36)37)14-5-15(27)8-16(6-14)44-11-24(32,33)34/h2-3,5-9,12,18H,4,10-11H2,1H3,(H,41,43)/b20-9-/t12-,18?/m0/s1. The molecule has 1 unspecified atom stereocenters. The van der Waals surface area contributed by atoms with Crippen molar-refractivity contribution in [1.29, 1.82) is 0 Å². The zero-order valence-corrected chi connectivity index (χ0v) is 22.6. The SMILES string of the molecule is C[C@@H](CC(=O)c1ccc(/C(F)=C/C(c2cc(Cl)cc(OCC(F)(F)F)c2)C(F)(F)F)cc1C(F)(F)F)C(=O)NCC(F)(F)F. The molecule has 0 saturated heterocycles. The number of nitrogens with one attached hydrogen (secondary N) is 1. The Balaban J connectivity index is 2.46. The summed E-state index contributed by atoms with van der Waals surface area (Å²) < 4.78 is 177. The third-order valence-corrected chi connectivity index (χ3v) is 5.84. The highest BCUT2D eigenvalue weighted by atomic mass is 35.5. The van der Waals surface area contributed by atoms with Crippen molar-refractivity contribution in [2.24, 2.45) is 5.92 Å². The van der Waals surface area contributed by atoms with Crippen molar-refractivity contribution in [1.82, 2.24) is 5.32 Å². The molecule has 244 valence electrons. The van der Waals surface area contributed by atoms with Crippen molar-refractivity contribution >= 4 is 29.1 Å². The van der Waals surface area contributed by atoms with Gasteiger partial charge in [0.2, 0.25) is 5.91 Å². The molecule has 1 N–H and O–H groups in total. The largest absolute Gasteiger partial charge is 0.484 e. The molecule has 0 saturated carbocycles. The van der Waals surface area contributed by atoms with Gasteiger partial charge in [-0.1, -0.05) is 30.7 Å². The number of hydrogen-bond acceptors (Lipinski definition) is 3. The highest BCUT2D eigenvalue weighted by Crippen LogP contribution is 2.41. The van der Waals surface area contributed by atoms with Crippen molar-refractivity contribution in [3.05, 3.63) is 69.8 Å². The molecule has 4 nitrogen and oxygen atoms in total. The van der Waals surface area contributed by atoms with Gasteiger partial charge in [0.25, 0.3) is 0 Å². The predicted octanol–water partition coefficient (Wildman–Crippen LogP) is 8.84. The minimum Gasteiger partial charge on any atom is -0.484 e. The molecule has 0 bridgehead atoms. The van der Waals surface area contributed by atoms with Crippen LogP contribution in [0.4, 0.5) is 57.1 Å². The lowest BCUT2D eigenvalue weighted by Crippen LogP contribution is -2.37. The fourth-order valence-electron chi connectivity index (χ4n) is 3.65. The van der Waals surface area contributed by atoms with Crippen LogP contribution < -0.4 is 10.1 Å². The lowest BCUT2D eigenvalue weighted by molar-refractivity contribution is -0.153. The van der Waals surface area contributed by atoms with Gasteiger partial charge in [0.05, 0.1) is 5.56 Å². The number of hydrogen-bond donors (Lipinski definition) is 1. The number of benzene rings is 2. The molecular formula is C26H19ClF13NO3. The minimum atomic E-state index is -5.38. The van der Waals surface area contributed by atoms with E-state index in [4.69, 9.17) is 11.6 Å². The molecule has 2 atom stereocenters. The first kappa shape index (κ1) is 36.7. The molecule has 2 rings (SSSR count). The van der Waals surface area contributed by atoms with Crippen LogP contribution in [-0.4, -0.2) is 43.4 Å². The van der Waals surface area contributed by atoms with Crippen LogP contribution in [0.5, 0.6) is 5.75 Å². The lowest BCUT2D eigenvalue weighted by atomic mass is 9.92. The number of allylic oxidation sites excluding steroid dienone is 1. The van der Waals surface area contributed by atoms with E-state index in [0.29, 0.717) is 24.3 Å². The number of alkyl halides is 12. The maximum atomic E-state index is 15.1. The second kappa shape index (κ2) is 13.6. The maximum absolute atomic E-state index is 15.1. The maximum Gasteiger partial charge on any atom is 0.422 e. The predicted molar refractivity (Wildman–Crippen MR) is 130 cm³/mol. The molecule has 44 heavy (non-hydrogen) atoms. The summed E-state index contributed by atoms with van der Waals surface area (Å²) in [5, 5.41) is 0.923. The molecule has 2 aromatic rings. The fraction of sp³-hybridized carbons (Fsp3) is 0.385. The van der Waals surface area contributed by atoms with Gasteiger partial charge in [-0.15, -0.1) is 0 Å². The molecule has 0 radical (unpaired) electrons. The highest BCUT2D eigenvalue weighted by Gasteiger charge is 2.41. The zero-order chi connectivity index (χ0) is 33.8. The first-order chi connectivity index (χ1) is 19.9. The Labute approximate surface area is 244 Å². The average Bonchev–Trinajstić information content (AvgIpc) is 2.86. The lowest BCUT2D eigenvalue weighted by Gasteiger charge is -2.20. The van der Waals surface area contributed by atoms with E-state index < -0.39 is 107 Å². The van der Waals surface area contributed by atoms with Gasteiger partial charge in [-0.05, 0) is 35.9 Å². The van der Waals surface area contributed by atoms with Gasteiger partial charge in [0, 0.05) is 28.5 Å². The van der Waals surface area contributed by atoms with E-state index in [-0.39, 0.29) is 12.1 Å². The van der Waals surface area contributed by atoms with E-state index in [1.165, 1.54) is 5.32 Å². The molecule has 1 amide bonds. The van der Waals surface area contributed by atoms with E-state index in [1.807, 2.05) is 0 Å². The Morgan fingerprint density at radius 2 is 1.52 bits per heavy atom. The van der Waals surface area contributed by atoms with Gasteiger partial charge >= 0.3 is 24.7 Å². The van der Waals surface area contributed by atoms with E-state index >= 15 is 4.39 Å². The van der Waals surface area contributed by atoms with E-state index in [2.05, 4.69) is 4.74 Å². The average molecular weight is 676 g/mol. The number of halogens is 14.